The molecule has 4 nitrogen and oxygen atoms in total. The molecule has 1 aromatic heterocycles. The molecule has 0 saturated carbocycles. The Hall–Kier alpha value is -1.13. The molecule has 2 heterocycles. The van der Waals surface area contributed by atoms with Crippen LogP contribution in [0.25, 0.3) is 0 Å². The highest BCUT2D eigenvalue weighted by Crippen LogP contribution is 2.21. The molecule has 0 amide bonds. The number of hydrogen-bond acceptors (Lipinski definition) is 4. The summed E-state index contributed by atoms with van der Waals surface area (Å²) >= 11 is 0. The predicted molar refractivity (Wildman–Crippen MR) is 80.5 cm³/mol. The lowest BCUT2D eigenvalue weighted by Gasteiger charge is -2.28. The Kier molecular flexibility index (Phi) is 4.77. The van der Waals surface area contributed by atoms with Gasteiger partial charge in [0, 0.05) is 31.9 Å². The first-order chi connectivity index (χ1) is 9.08. The molecule has 0 aliphatic carbocycles. The van der Waals surface area contributed by atoms with Gasteiger partial charge in [0.25, 0.3) is 0 Å². The van der Waals surface area contributed by atoms with E-state index >= 15 is 0 Å². The predicted octanol–water partition coefficient (Wildman–Crippen LogP) is 1.50. The van der Waals surface area contributed by atoms with Crippen LogP contribution in [0.15, 0.2) is 18.3 Å². The van der Waals surface area contributed by atoms with E-state index < -0.39 is 0 Å². The molecule has 0 radical (unpaired) electrons. The van der Waals surface area contributed by atoms with Crippen LogP contribution in [-0.4, -0.2) is 49.2 Å². The van der Waals surface area contributed by atoms with E-state index in [0.29, 0.717) is 6.04 Å². The molecule has 2 unspecified atom stereocenters. The molecule has 19 heavy (non-hydrogen) atoms. The molecule has 2 N–H and O–H groups in total. The average Bonchev–Trinajstić information content (AvgIpc) is 2.75. The second-order valence-corrected chi connectivity index (χ2v) is 5.82. The molecule has 1 aromatic rings. The summed E-state index contributed by atoms with van der Waals surface area (Å²) in [6.45, 7) is 4.30. The minimum absolute atomic E-state index is 0.172. The highest BCUT2D eigenvalue weighted by Gasteiger charge is 2.23. The topological polar surface area (TPSA) is 45.4 Å². The molecule has 1 fully saturated rings. The Labute approximate surface area is 116 Å². The molecule has 2 atom stereocenters. The lowest BCUT2D eigenvalue weighted by atomic mass is 10.1. The maximum Gasteiger partial charge on any atom is 0.131 e. The van der Waals surface area contributed by atoms with Crippen molar-refractivity contribution in [2.45, 2.75) is 38.3 Å². The summed E-state index contributed by atoms with van der Waals surface area (Å²) in [6, 6.07) is 4.96. The van der Waals surface area contributed by atoms with E-state index in [9.17, 15) is 0 Å². The van der Waals surface area contributed by atoms with Crippen LogP contribution in [0.5, 0.6) is 0 Å². The largest absolute Gasteiger partial charge is 0.358 e. The summed E-state index contributed by atoms with van der Waals surface area (Å²) in [6.07, 6.45) is 5.35. The fourth-order valence-electron chi connectivity index (χ4n) is 2.89. The van der Waals surface area contributed by atoms with E-state index in [2.05, 4.69) is 34.9 Å². The van der Waals surface area contributed by atoms with Gasteiger partial charge < -0.3 is 15.5 Å². The molecule has 1 aliphatic rings. The number of rotatable bonds is 5. The first-order valence-corrected chi connectivity index (χ1v) is 7.18. The molecule has 0 spiro atoms. The first kappa shape index (κ1) is 14.3. The Bertz CT molecular complexity index is 405. The number of likely N-dealkylation sites (tertiary alicyclic amines) is 1. The number of pyridine rings is 1. The fraction of sp³-hybridized carbons (Fsp3) is 0.667. The van der Waals surface area contributed by atoms with Crippen molar-refractivity contribution in [3.63, 3.8) is 0 Å². The Morgan fingerprint density at radius 2 is 2.37 bits per heavy atom. The van der Waals surface area contributed by atoms with Crippen molar-refractivity contribution in [1.29, 1.82) is 0 Å². The molecule has 0 aromatic carbocycles. The zero-order valence-electron chi connectivity index (χ0n) is 12.3. The van der Waals surface area contributed by atoms with Gasteiger partial charge >= 0.3 is 0 Å². The van der Waals surface area contributed by atoms with Crippen LogP contribution in [0.3, 0.4) is 0 Å². The zero-order chi connectivity index (χ0) is 13.8. The van der Waals surface area contributed by atoms with Crippen LogP contribution >= 0.6 is 0 Å². The second kappa shape index (κ2) is 6.35. The second-order valence-electron chi connectivity index (χ2n) is 5.82. The van der Waals surface area contributed by atoms with E-state index in [0.717, 1.165) is 18.8 Å². The van der Waals surface area contributed by atoms with Crippen molar-refractivity contribution in [3.8, 4) is 0 Å². The third-order valence-electron chi connectivity index (χ3n) is 3.93. The number of nitrogens with two attached hydrogens (primary N) is 1. The number of likely N-dealkylation sites (N-methyl/N-ethyl adjacent to an activating group) is 2. The highest BCUT2D eigenvalue weighted by atomic mass is 15.2. The quantitative estimate of drug-likeness (QED) is 0.873. The minimum atomic E-state index is 0.172. The summed E-state index contributed by atoms with van der Waals surface area (Å²) < 4.78 is 0. The van der Waals surface area contributed by atoms with Crippen molar-refractivity contribution in [2.75, 3.05) is 32.1 Å². The smallest absolute Gasteiger partial charge is 0.131 e. The zero-order valence-corrected chi connectivity index (χ0v) is 12.3. The molecule has 106 valence electrons. The average molecular weight is 262 g/mol. The van der Waals surface area contributed by atoms with Gasteiger partial charge in [-0.3, -0.25) is 0 Å². The van der Waals surface area contributed by atoms with E-state index in [4.69, 9.17) is 5.73 Å². The highest BCUT2D eigenvalue weighted by molar-refractivity contribution is 5.46. The first-order valence-electron chi connectivity index (χ1n) is 7.18. The van der Waals surface area contributed by atoms with Crippen LogP contribution in [0.2, 0.25) is 0 Å². The molecule has 1 saturated heterocycles. The van der Waals surface area contributed by atoms with E-state index in [1.165, 1.54) is 24.9 Å². The molecule has 1 aliphatic heterocycles. The van der Waals surface area contributed by atoms with Crippen LogP contribution in [0.4, 0.5) is 5.82 Å². The molecule has 2 rings (SSSR count). The van der Waals surface area contributed by atoms with Crippen molar-refractivity contribution >= 4 is 5.82 Å². The van der Waals surface area contributed by atoms with Gasteiger partial charge in [-0.05, 0) is 51.4 Å². The van der Waals surface area contributed by atoms with Crippen molar-refractivity contribution < 1.29 is 0 Å². The normalized spacial score (nSPS) is 21.6. The molecule has 0 bridgehead atoms. The van der Waals surface area contributed by atoms with Gasteiger partial charge in [0.2, 0.25) is 0 Å². The summed E-state index contributed by atoms with van der Waals surface area (Å²) in [4.78, 5) is 9.28. The van der Waals surface area contributed by atoms with Gasteiger partial charge in [-0.1, -0.05) is 6.07 Å². The van der Waals surface area contributed by atoms with Gasteiger partial charge in [-0.2, -0.15) is 0 Å². The van der Waals surface area contributed by atoms with Crippen molar-refractivity contribution in [2.24, 2.45) is 5.73 Å². The number of nitrogens with zero attached hydrogens (tertiary/aromatic N) is 3. The SMILES string of the molecule is CC(N)Cc1cccnc1N(C)CC1CCCN1C. The van der Waals surface area contributed by atoms with Crippen LogP contribution in [-0.2, 0) is 6.42 Å². The third-order valence-corrected chi connectivity index (χ3v) is 3.93. The Morgan fingerprint density at radius 3 is 3.00 bits per heavy atom. The van der Waals surface area contributed by atoms with Gasteiger partial charge in [0.15, 0.2) is 0 Å². The van der Waals surface area contributed by atoms with E-state index in [-0.39, 0.29) is 6.04 Å². The minimum Gasteiger partial charge on any atom is -0.358 e. The van der Waals surface area contributed by atoms with Gasteiger partial charge in [-0.15, -0.1) is 0 Å². The summed E-state index contributed by atoms with van der Waals surface area (Å²) in [5.74, 6) is 1.08. The molecular formula is C15H26N4. The summed E-state index contributed by atoms with van der Waals surface area (Å²) in [5, 5.41) is 0. The fourth-order valence-corrected chi connectivity index (χ4v) is 2.89. The van der Waals surface area contributed by atoms with E-state index in [1.807, 2.05) is 19.2 Å². The lowest BCUT2D eigenvalue weighted by molar-refractivity contribution is 0.314. The number of anilines is 1. The third kappa shape index (κ3) is 3.67. The lowest BCUT2D eigenvalue weighted by Crippen LogP contribution is -2.37. The monoisotopic (exact) mass is 262 g/mol. The Morgan fingerprint density at radius 1 is 1.58 bits per heavy atom. The van der Waals surface area contributed by atoms with Crippen LogP contribution < -0.4 is 10.6 Å². The molecule has 4 heteroatoms. The van der Waals surface area contributed by atoms with Gasteiger partial charge in [0.05, 0.1) is 0 Å². The Balaban J connectivity index is 2.07. The van der Waals surface area contributed by atoms with Crippen LogP contribution in [0, 0.1) is 0 Å². The summed E-state index contributed by atoms with van der Waals surface area (Å²) in [7, 11) is 4.35. The maximum absolute atomic E-state index is 5.92. The maximum atomic E-state index is 5.92. The molecular weight excluding hydrogens is 236 g/mol. The van der Waals surface area contributed by atoms with Crippen molar-refractivity contribution in [1.82, 2.24) is 9.88 Å². The summed E-state index contributed by atoms with van der Waals surface area (Å²) in [5.41, 5.74) is 7.18. The number of aromatic nitrogens is 1. The van der Waals surface area contributed by atoms with Gasteiger partial charge in [-0.25, -0.2) is 4.98 Å². The van der Waals surface area contributed by atoms with Crippen molar-refractivity contribution in [3.05, 3.63) is 23.9 Å². The van der Waals surface area contributed by atoms with E-state index in [1.54, 1.807) is 0 Å². The number of hydrogen-bond donors (Lipinski definition) is 1. The van der Waals surface area contributed by atoms with Crippen LogP contribution in [0.1, 0.15) is 25.3 Å². The standard InChI is InChI=1S/C15H26N4/c1-12(16)10-13-6-4-8-17-15(13)19(3)11-14-7-5-9-18(14)2/h4,6,8,12,14H,5,7,9-11,16H2,1-3H3. The van der Waals surface area contributed by atoms with Gasteiger partial charge in [0.1, 0.15) is 5.82 Å².